The van der Waals surface area contributed by atoms with Crippen LogP contribution in [0.4, 0.5) is 0 Å². The molecule has 2 aromatic rings. The van der Waals surface area contributed by atoms with Gasteiger partial charge in [-0.1, -0.05) is 47.1 Å². The van der Waals surface area contributed by atoms with Crippen LogP contribution in [-0.4, -0.2) is 0 Å². The minimum atomic E-state index is 0.339. The Labute approximate surface area is 99.9 Å². The number of rotatable bonds is 2. The molecule has 0 spiro atoms. The topological polar surface area (TPSA) is 0 Å². The molecule has 0 amide bonds. The second-order valence-electron chi connectivity index (χ2n) is 4.41. The van der Waals surface area contributed by atoms with E-state index < -0.39 is 0 Å². The highest BCUT2D eigenvalue weighted by atomic mass is 31.0. The van der Waals surface area contributed by atoms with Crippen molar-refractivity contribution in [2.45, 2.75) is 24.7 Å². The summed E-state index contributed by atoms with van der Waals surface area (Å²) >= 11 is 0. The van der Waals surface area contributed by atoms with Crippen molar-refractivity contribution < 1.29 is 0 Å². The monoisotopic (exact) mass is 244 g/mol. The molecule has 0 atom stereocenters. The van der Waals surface area contributed by atoms with E-state index >= 15 is 0 Å². The molecule has 0 N–H and O–H groups in total. The van der Waals surface area contributed by atoms with Gasteiger partial charge in [0.1, 0.15) is 0 Å². The Kier molecular flexibility index (Phi) is 2.80. The van der Waals surface area contributed by atoms with Crippen LogP contribution in [0.5, 0.6) is 0 Å². The van der Waals surface area contributed by atoms with E-state index in [0.717, 1.165) is 0 Å². The van der Waals surface area contributed by atoms with E-state index in [2.05, 4.69) is 47.5 Å². The highest BCUT2D eigenvalue weighted by molar-refractivity contribution is 7.28. The van der Waals surface area contributed by atoms with Crippen LogP contribution in [-0.2, 0) is 5.41 Å². The Morgan fingerprint density at radius 1 is 0.750 bits per heavy atom. The second-order valence-corrected chi connectivity index (χ2v) is 6.20. The minimum absolute atomic E-state index is 0.339. The maximum Gasteiger partial charge on any atom is 0.0203 e. The number of hydrogen-bond donors (Lipinski definition) is 0. The van der Waals surface area contributed by atoms with Crippen molar-refractivity contribution in [2.24, 2.45) is 0 Å². The summed E-state index contributed by atoms with van der Waals surface area (Å²) in [5, 5.41) is 0. The van der Waals surface area contributed by atoms with Gasteiger partial charge in [0.25, 0.3) is 0 Å². The van der Waals surface area contributed by atoms with Crippen molar-refractivity contribution in [1.29, 1.82) is 0 Å². The summed E-state index contributed by atoms with van der Waals surface area (Å²) in [5.41, 5.74) is 3.37. The molecule has 16 heavy (non-hydrogen) atoms. The molecule has 0 radical (unpaired) electrons. The molecule has 1 saturated carbocycles. The quantitative estimate of drug-likeness (QED) is 0.670. The molecular formula is C14H14P2. The van der Waals surface area contributed by atoms with Crippen LogP contribution in [0.2, 0.25) is 0 Å². The first kappa shape index (κ1) is 10.5. The summed E-state index contributed by atoms with van der Waals surface area (Å²) in [4.78, 5) is 0. The van der Waals surface area contributed by atoms with E-state index in [4.69, 9.17) is 0 Å². The smallest absolute Gasteiger partial charge is 0.0203 e. The van der Waals surface area contributed by atoms with Gasteiger partial charge in [0.05, 0.1) is 0 Å². The zero-order valence-corrected chi connectivity index (χ0v) is 10.9. The Morgan fingerprint density at radius 2 is 1.19 bits per heavy atom. The van der Waals surface area contributed by atoms with Crippen LogP contribution in [0, 0.1) is 0 Å². The van der Waals surface area contributed by atoms with Crippen molar-refractivity contribution in [3.8, 4) is 0 Å². The molecule has 2 heteroatoms. The first-order valence-corrected chi connectivity index (χ1v) is 7.79. The third kappa shape index (κ3) is 1.61. The Bertz CT molecular complexity index is 419. The van der Waals surface area contributed by atoms with E-state index in [1.807, 2.05) is 0 Å². The summed E-state index contributed by atoms with van der Waals surface area (Å²) in [6.45, 7) is 0. The fourth-order valence-corrected chi connectivity index (χ4v) is 3.80. The van der Waals surface area contributed by atoms with Gasteiger partial charge in [0, 0.05) is 5.41 Å². The predicted molar refractivity (Wildman–Crippen MR) is 72.5 cm³/mol. The van der Waals surface area contributed by atoms with Gasteiger partial charge in [-0.3, -0.25) is 0 Å². The molecule has 1 aliphatic carbocycles. The molecular weight excluding hydrogens is 230 g/mol. The van der Waals surface area contributed by atoms with Crippen LogP contribution < -0.4 is 0 Å². The van der Waals surface area contributed by atoms with E-state index in [1.165, 1.54) is 46.8 Å². The number of hydrogen-bond acceptors (Lipinski definition) is 0. The van der Waals surface area contributed by atoms with Gasteiger partial charge in [0.15, 0.2) is 0 Å². The van der Waals surface area contributed by atoms with E-state index in [-0.39, 0.29) is 0 Å². The fourth-order valence-electron chi connectivity index (χ4n) is 2.62. The maximum atomic E-state index is 2.32. The first-order chi connectivity index (χ1) is 7.92. The summed E-state index contributed by atoms with van der Waals surface area (Å²) in [6.07, 6.45) is 4.00. The third-order valence-electron chi connectivity index (χ3n) is 3.67. The van der Waals surface area contributed by atoms with Gasteiger partial charge in [-0.2, -0.15) is 0 Å². The lowest BCUT2D eigenvalue weighted by molar-refractivity contribution is 0.302. The average Bonchev–Trinajstić information content (AvgIpc) is 2.31. The van der Waals surface area contributed by atoms with Gasteiger partial charge < -0.3 is 0 Å². The highest BCUT2D eigenvalue weighted by Gasteiger charge is 2.39. The largest absolute Gasteiger partial charge is 0.0765 e. The molecule has 1 aliphatic rings. The summed E-state index contributed by atoms with van der Waals surface area (Å²) in [5.74, 6) is 9.02. The summed E-state index contributed by atoms with van der Waals surface area (Å²) < 4.78 is 0. The zero-order chi connectivity index (χ0) is 10.8. The van der Waals surface area contributed by atoms with Crippen molar-refractivity contribution in [3.05, 3.63) is 58.6 Å². The Morgan fingerprint density at radius 3 is 1.50 bits per heavy atom. The standard InChI is InChI=1S/C14H14P2/c1-6-14(7-1,12-2-8-15-9-3-12)13-4-10-16-11-5-13/h2-5,8-11H,1,6-7H2. The van der Waals surface area contributed by atoms with Gasteiger partial charge in [-0.05, 0) is 47.2 Å². The first-order valence-electron chi connectivity index (χ1n) is 5.73. The fraction of sp³-hybridized carbons (Fsp3) is 0.286. The molecule has 2 heterocycles. The van der Waals surface area contributed by atoms with Crippen LogP contribution in [0.3, 0.4) is 0 Å². The van der Waals surface area contributed by atoms with Gasteiger partial charge in [-0.15, -0.1) is 0 Å². The second kappa shape index (κ2) is 4.28. The maximum absolute atomic E-state index is 2.32. The molecule has 3 rings (SSSR count). The van der Waals surface area contributed by atoms with E-state index in [9.17, 15) is 0 Å². The van der Waals surface area contributed by atoms with Gasteiger partial charge >= 0.3 is 0 Å². The molecule has 0 unspecified atom stereocenters. The van der Waals surface area contributed by atoms with Crippen LogP contribution in [0.15, 0.2) is 47.5 Å². The van der Waals surface area contributed by atoms with Crippen molar-refractivity contribution in [3.63, 3.8) is 0 Å². The van der Waals surface area contributed by atoms with E-state index in [0.29, 0.717) is 5.41 Å². The van der Waals surface area contributed by atoms with Crippen LogP contribution in [0.1, 0.15) is 30.4 Å². The van der Waals surface area contributed by atoms with Crippen LogP contribution in [0.25, 0.3) is 0 Å². The highest BCUT2D eigenvalue weighted by Crippen LogP contribution is 2.49. The molecule has 0 bridgehead atoms. The lowest BCUT2D eigenvalue weighted by Crippen LogP contribution is -2.35. The predicted octanol–water partition coefficient (Wildman–Crippen LogP) is 5.32. The van der Waals surface area contributed by atoms with E-state index in [1.54, 1.807) is 0 Å². The lowest BCUT2D eigenvalue weighted by atomic mass is 9.61. The molecule has 80 valence electrons. The average molecular weight is 244 g/mol. The third-order valence-corrected chi connectivity index (χ3v) is 4.96. The summed E-state index contributed by atoms with van der Waals surface area (Å²) in [6, 6.07) is 9.28. The normalized spacial score (nSPS) is 17.8. The Balaban J connectivity index is 2.08. The summed E-state index contributed by atoms with van der Waals surface area (Å²) in [7, 11) is 2.64. The van der Waals surface area contributed by atoms with Crippen molar-refractivity contribution in [2.75, 3.05) is 0 Å². The zero-order valence-electron chi connectivity index (χ0n) is 9.13. The molecule has 1 fully saturated rings. The lowest BCUT2D eigenvalue weighted by Gasteiger charge is -2.43. The molecule has 0 aliphatic heterocycles. The van der Waals surface area contributed by atoms with Crippen molar-refractivity contribution >= 4 is 16.4 Å². The molecule has 0 nitrogen and oxygen atoms in total. The van der Waals surface area contributed by atoms with Gasteiger partial charge in [0.2, 0.25) is 0 Å². The van der Waals surface area contributed by atoms with Crippen LogP contribution >= 0.6 is 16.4 Å². The Hall–Kier alpha value is -0.700. The van der Waals surface area contributed by atoms with Gasteiger partial charge in [-0.25, -0.2) is 0 Å². The van der Waals surface area contributed by atoms with Crippen molar-refractivity contribution in [1.82, 2.24) is 0 Å². The minimum Gasteiger partial charge on any atom is -0.0765 e. The molecule has 0 saturated heterocycles. The molecule has 2 aromatic heterocycles. The molecule has 0 aromatic carbocycles. The SMILES string of the molecule is c1cc(C2(c3ccpcc3)CCC2)ccp1.